The predicted octanol–water partition coefficient (Wildman–Crippen LogP) is 3.63. The van der Waals surface area contributed by atoms with Gasteiger partial charge in [-0.2, -0.15) is 0 Å². The summed E-state index contributed by atoms with van der Waals surface area (Å²) in [6.07, 6.45) is 0.398. The molecule has 5 heteroatoms. The molecular formula is C16H23F2NO2. The number of rotatable bonds is 4. The van der Waals surface area contributed by atoms with Crippen LogP contribution in [0.4, 0.5) is 8.78 Å². The predicted molar refractivity (Wildman–Crippen MR) is 78.4 cm³/mol. The Morgan fingerprint density at radius 2 is 2.00 bits per heavy atom. The molecule has 1 heterocycles. The van der Waals surface area contributed by atoms with Crippen molar-refractivity contribution in [3.05, 3.63) is 29.3 Å². The highest BCUT2D eigenvalue weighted by atomic mass is 19.1. The van der Waals surface area contributed by atoms with E-state index in [4.69, 9.17) is 4.74 Å². The molecule has 1 aliphatic rings. The molecule has 0 spiro atoms. The highest BCUT2D eigenvalue weighted by molar-refractivity contribution is 5.78. The number of carbonyl (C=O) groups is 1. The van der Waals surface area contributed by atoms with Gasteiger partial charge >= 0.3 is 0 Å². The van der Waals surface area contributed by atoms with Gasteiger partial charge in [0.15, 0.2) is 0 Å². The van der Waals surface area contributed by atoms with E-state index in [0.29, 0.717) is 18.5 Å². The Hall–Kier alpha value is -1.65. The standard InChI is InChI=1S/C14H17F2NO2.C2H6/c1-8(2)14-11(16)4-10(15)5-12(14)19-7-9-3-13(18)17-6-9;1-2/h4-5,8-9H,3,6-7H2,1-2H3,(H,17,18);1-2H3. The number of nitrogens with one attached hydrogen (secondary N) is 1. The van der Waals surface area contributed by atoms with Crippen LogP contribution in [0, 0.1) is 17.6 Å². The summed E-state index contributed by atoms with van der Waals surface area (Å²) in [6.45, 7) is 8.47. The molecule has 0 aliphatic carbocycles. The molecule has 1 saturated heterocycles. The van der Waals surface area contributed by atoms with Crippen LogP contribution in [0.15, 0.2) is 12.1 Å². The fourth-order valence-electron chi connectivity index (χ4n) is 2.23. The van der Waals surface area contributed by atoms with Crippen molar-refractivity contribution in [2.75, 3.05) is 13.2 Å². The van der Waals surface area contributed by atoms with Gasteiger partial charge in [0.05, 0.1) is 6.61 Å². The summed E-state index contributed by atoms with van der Waals surface area (Å²) >= 11 is 0. The Kier molecular flexibility index (Phi) is 6.59. The number of ether oxygens (including phenoxy) is 1. The highest BCUT2D eigenvalue weighted by Gasteiger charge is 2.23. The van der Waals surface area contributed by atoms with E-state index in [0.717, 1.165) is 6.07 Å². The largest absolute Gasteiger partial charge is 0.493 e. The van der Waals surface area contributed by atoms with Gasteiger partial charge in [0, 0.05) is 36.6 Å². The van der Waals surface area contributed by atoms with Crippen molar-refractivity contribution in [3.8, 4) is 5.75 Å². The summed E-state index contributed by atoms with van der Waals surface area (Å²) in [5.74, 6) is -1.07. The summed E-state index contributed by atoms with van der Waals surface area (Å²) in [7, 11) is 0. The first-order valence-electron chi connectivity index (χ1n) is 7.35. The van der Waals surface area contributed by atoms with Crippen molar-refractivity contribution in [3.63, 3.8) is 0 Å². The molecule has 1 aromatic rings. The van der Waals surface area contributed by atoms with Crippen molar-refractivity contribution >= 4 is 5.91 Å². The van der Waals surface area contributed by atoms with Gasteiger partial charge in [-0.25, -0.2) is 8.78 Å². The maximum absolute atomic E-state index is 13.7. The van der Waals surface area contributed by atoms with Crippen molar-refractivity contribution in [2.45, 2.75) is 40.0 Å². The summed E-state index contributed by atoms with van der Waals surface area (Å²) in [5, 5.41) is 2.70. The topological polar surface area (TPSA) is 38.3 Å². The third kappa shape index (κ3) is 4.69. The lowest BCUT2D eigenvalue weighted by Crippen LogP contribution is -2.17. The van der Waals surface area contributed by atoms with E-state index in [9.17, 15) is 13.6 Å². The van der Waals surface area contributed by atoms with E-state index < -0.39 is 11.6 Å². The van der Waals surface area contributed by atoms with Crippen molar-refractivity contribution in [1.82, 2.24) is 5.32 Å². The Labute approximate surface area is 124 Å². The minimum absolute atomic E-state index is 0.0110. The number of hydrogen-bond donors (Lipinski definition) is 1. The Morgan fingerprint density at radius 3 is 2.52 bits per heavy atom. The van der Waals surface area contributed by atoms with E-state index in [1.165, 1.54) is 6.07 Å². The molecule has 1 atom stereocenters. The first kappa shape index (κ1) is 17.4. The van der Waals surface area contributed by atoms with Crippen LogP contribution in [0.3, 0.4) is 0 Å². The molecule has 0 aromatic heterocycles. The molecule has 2 rings (SSSR count). The molecule has 1 amide bonds. The molecule has 0 radical (unpaired) electrons. The SMILES string of the molecule is CC.CC(C)c1c(F)cc(F)cc1OCC1CNC(=O)C1. The second kappa shape index (κ2) is 7.96. The fourth-order valence-corrected chi connectivity index (χ4v) is 2.23. The third-order valence-electron chi connectivity index (χ3n) is 3.17. The molecule has 118 valence electrons. The van der Waals surface area contributed by atoms with Gasteiger partial charge in [-0.15, -0.1) is 0 Å². The number of halogens is 2. The summed E-state index contributed by atoms with van der Waals surface area (Å²) in [5.41, 5.74) is 0.374. The van der Waals surface area contributed by atoms with Crippen LogP contribution >= 0.6 is 0 Å². The molecule has 1 aromatic carbocycles. The third-order valence-corrected chi connectivity index (χ3v) is 3.17. The van der Waals surface area contributed by atoms with Crippen molar-refractivity contribution in [2.24, 2.45) is 5.92 Å². The molecule has 1 unspecified atom stereocenters. The first-order valence-corrected chi connectivity index (χ1v) is 7.35. The zero-order chi connectivity index (χ0) is 16.0. The minimum atomic E-state index is -0.655. The molecule has 1 fully saturated rings. The molecule has 21 heavy (non-hydrogen) atoms. The second-order valence-corrected chi connectivity index (χ2v) is 5.14. The zero-order valence-corrected chi connectivity index (χ0v) is 13.0. The lowest BCUT2D eigenvalue weighted by molar-refractivity contribution is -0.119. The van der Waals surface area contributed by atoms with Crippen LogP contribution in [0.2, 0.25) is 0 Å². The second-order valence-electron chi connectivity index (χ2n) is 5.14. The van der Waals surface area contributed by atoms with Crippen LogP contribution in [-0.4, -0.2) is 19.1 Å². The lowest BCUT2D eigenvalue weighted by atomic mass is 10.0. The van der Waals surface area contributed by atoms with Gasteiger partial charge in [-0.1, -0.05) is 27.7 Å². The summed E-state index contributed by atoms with van der Waals surface area (Å²) in [6, 6.07) is 2.06. The molecule has 3 nitrogen and oxygen atoms in total. The van der Waals surface area contributed by atoms with Gasteiger partial charge in [0.1, 0.15) is 17.4 Å². The quantitative estimate of drug-likeness (QED) is 0.922. The maximum Gasteiger partial charge on any atom is 0.220 e. The maximum atomic E-state index is 13.7. The average Bonchev–Trinajstić information content (AvgIpc) is 2.83. The normalized spacial score (nSPS) is 17.3. The van der Waals surface area contributed by atoms with Crippen LogP contribution in [0.5, 0.6) is 5.75 Å². The van der Waals surface area contributed by atoms with E-state index in [2.05, 4.69) is 5.32 Å². The highest BCUT2D eigenvalue weighted by Crippen LogP contribution is 2.30. The van der Waals surface area contributed by atoms with Crippen LogP contribution < -0.4 is 10.1 Å². The number of carbonyl (C=O) groups excluding carboxylic acids is 1. The lowest BCUT2D eigenvalue weighted by Gasteiger charge is -2.16. The van der Waals surface area contributed by atoms with E-state index in [1.54, 1.807) is 0 Å². The van der Waals surface area contributed by atoms with Gasteiger partial charge in [0.25, 0.3) is 0 Å². The van der Waals surface area contributed by atoms with Gasteiger partial charge in [0.2, 0.25) is 5.91 Å². The average molecular weight is 299 g/mol. The van der Waals surface area contributed by atoms with Crippen molar-refractivity contribution in [1.29, 1.82) is 0 Å². The van der Waals surface area contributed by atoms with Crippen LogP contribution in [0.1, 0.15) is 45.6 Å². The van der Waals surface area contributed by atoms with Gasteiger partial charge < -0.3 is 10.1 Å². The first-order chi connectivity index (χ1) is 9.97. The van der Waals surface area contributed by atoms with Gasteiger partial charge in [-0.05, 0) is 5.92 Å². The fraction of sp³-hybridized carbons (Fsp3) is 0.562. The molecule has 0 saturated carbocycles. The van der Waals surface area contributed by atoms with Gasteiger partial charge in [-0.3, -0.25) is 4.79 Å². The molecule has 1 N–H and O–H groups in total. The Bertz CT molecular complexity index is 489. The smallest absolute Gasteiger partial charge is 0.220 e. The monoisotopic (exact) mass is 299 g/mol. The minimum Gasteiger partial charge on any atom is -0.493 e. The number of benzene rings is 1. The van der Waals surface area contributed by atoms with Crippen molar-refractivity contribution < 1.29 is 18.3 Å². The van der Waals surface area contributed by atoms with Crippen LogP contribution in [0.25, 0.3) is 0 Å². The Balaban J connectivity index is 0.00000106. The van der Waals surface area contributed by atoms with E-state index >= 15 is 0 Å². The summed E-state index contributed by atoms with van der Waals surface area (Å²) in [4.78, 5) is 11.1. The van der Waals surface area contributed by atoms with Crippen LogP contribution in [-0.2, 0) is 4.79 Å². The summed E-state index contributed by atoms with van der Waals surface area (Å²) < 4.78 is 32.5. The Morgan fingerprint density at radius 1 is 1.33 bits per heavy atom. The molecule has 1 aliphatic heterocycles. The zero-order valence-electron chi connectivity index (χ0n) is 13.0. The molecule has 0 bridgehead atoms. The van der Waals surface area contributed by atoms with E-state index in [1.807, 2.05) is 27.7 Å². The van der Waals surface area contributed by atoms with E-state index in [-0.39, 0.29) is 30.1 Å². The number of amides is 1. The molecular weight excluding hydrogens is 276 g/mol. The number of hydrogen-bond acceptors (Lipinski definition) is 2.